The van der Waals surface area contributed by atoms with E-state index in [1.807, 2.05) is 0 Å². The fourth-order valence-corrected chi connectivity index (χ4v) is 2.69. The van der Waals surface area contributed by atoms with Crippen molar-refractivity contribution in [2.75, 3.05) is 23.2 Å². The zero-order chi connectivity index (χ0) is 14.5. The molecule has 0 spiro atoms. The Hall–Kier alpha value is -1.27. The Morgan fingerprint density at radius 1 is 1.37 bits per heavy atom. The minimum atomic E-state index is -3.57. The molecule has 0 aliphatic carbocycles. The highest BCUT2D eigenvalue weighted by atomic mass is 35.5. The van der Waals surface area contributed by atoms with Crippen molar-refractivity contribution in [3.8, 4) is 0 Å². The smallest absolute Gasteiger partial charge is 0.326 e. The highest BCUT2D eigenvalue weighted by molar-refractivity contribution is 7.92. The van der Waals surface area contributed by atoms with E-state index in [2.05, 4.69) is 0 Å². The quantitative estimate of drug-likeness (QED) is 0.755. The minimum Gasteiger partial charge on any atom is -0.465 e. The lowest BCUT2D eigenvalue weighted by molar-refractivity contribution is -0.141. The van der Waals surface area contributed by atoms with Gasteiger partial charge < -0.3 is 4.74 Å². The van der Waals surface area contributed by atoms with Crippen LogP contribution >= 0.6 is 11.6 Å². The van der Waals surface area contributed by atoms with Gasteiger partial charge in [-0.3, -0.25) is 9.10 Å². The van der Waals surface area contributed by atoms with Gasteiger partial charge in [0, 0.05) is 5.02 Å². The zero-order valence-corrected chi connectivity index (χ0v) is 12.4. The first kappa shape index (κ1) is 15.8. The molecule has 0 N–H and O–H groups in total. The first-order valence-electron chi connectivity index (χ1n) is 5.82. The van der Waals surface area contributed by atoms with Gasteiger partial charge in [-0.2, -0.15) is 0 Å². The molecule has 0 saturated carbocycles. The van der Waals surface area contributed by atoms with Crippen LogP contribution in [0.3, 0.4) is 0 Å². The number of esters is 1. The molecule has 0 amide bonds. The molecule has 1 rings (SSSR count). The number of hydrogen-bond acceptors (Lipinski definition) is 4. The van der Waals surface area contributed by atoms with Gasteiger partial charge in [0.1, 0.15) is 6.54 Å². The molecule has 5 nitrogen and oxygen atoms in total. The summed E-state index contributed by atoms with van der Waals surface area (Å²) in [4.78, 5) is 11.5. The molecule has 0 aromatic heterocycles. The summed E-state index contributed by atoms with van der Waals surface area (Å²) in [5.74, 6) is -0.710. The highest BCUT2D eigenvalue weighted by Gasteiger charge is 2.24. The van der Waals surface area contributed by atoms with Crippen LogP contribution in [-0.2, 0) is 19.6 Å². The lowest BCUT2D eigenvalue weighted by atomic mass is 10.3. The number of sulfonamides is 1. The molecule has 0 aliphatic rings. The van der Waals surface area contributed by atoms with Crippen LogP contribution in [0.1, 0.15) is 13.8 Å². The second-order valence-corrected chi connectivity index (χ2v) is 6.31. The molecule has 106 valence electrons. The Bertz CT molecular complexity index is 544. The first-order valence-corrected chi connectivity index (χ1v) is 7.81. The number of nitrogens with zero attached hydrogens (tertiary/aromatic N) is 1. The Morgan fingerprint density at radius 2 is 2.05 bits per heavy atom. The van der Waals surface area contributed by atoms with Gasteiger partial charge in [-0.1, -0.05) is 17.7 Å². The number of carbonyl (C=O) groups is 1. The summed E-state index contributed by atoms with van der Waals surface area (Å²) in [5, 5.41) is 0.401. The van der Waals surface area contributed by atoms with Crippen molar-refractivity contribution in [3.05, 3.63) is 29.3 Å². The molecule has 0 bridgehead atoms. The number of ether oxygens (including phenoxy) is 1. The fraction of sp³-hybridized carbons (Fsp3) is 0.417. The summed E-state index contributed by atoms with van der Waals surface area (Å²) in [7, 11) is -3.57. The van der Waals surface area contributed by atoms with Crippen LogP contribution in [-0.4, -0.2) is 33.3 Å². The van der Waals surface area contributed by atoms with Gasteiger partial charge >= 0.3 is 5.97 Å². The van der Waals surface area contributed by atoms with Gasteiger partial charge in [-0.25, -0.2) is 8.42 Å². The Kier molecular flexibility index (Phi) is 5.62. The van der Waals surface area contributed by atoms with E-state index in [9.17, 15) is 13.2 Å². The molecule has 1 aromatic rings. The summed E-state index contributed by atoms with van der Waals surface area (Å²) in [6, 6.07) is 6.33. The molecule has 0 radical (unpaired) electrons. The molecule has 0 aliphatic heterocycles. The summed E-state index contributed by atoms with van der Waals surface area (Å²) in [5.41, 5.74) is 0.349. The average Bonchev–Trinajstić information content (AvgIpc) is 2.36. The van der Waals surface area contributed by atoms with E-state index >= 15 is 0 Å². The number of halogens is 1. The monoisotopic (exact) mass is 305 g/mol. The summed E-state index contributed by atoms with van der Waals surface area (Å²) >= 11 is 5.84. The maximum atomic E-state index is 12.0. The van der Waals surface area contributed by atoms with Crippen LogP contribution in [0.25, 0.3) is 0 Å². The maximum Gasteiger partial charge on any atom is 0.326 e. The number of benzene rings is 1. The fourth-order valence-electron chi connectivity index (χ4n) is 1.46. The Labute approximate surface area is 118 Å². The van der Waals surface area contributed by atoms with E-state index in [0.29, 0.717) is 10.7 Å². The third-order valence-corrected chi connectivity index (χ3v) is 4.35. The van der Waals surface area contributed by atoms with Crippen LogP contribution in [0, 0.1) is 0 Å². The molecule has 0 atom stereocenters. The van der Waals surface area contributed by atoms with Gasteiger partial charge in [0.05, 0.1) is 18.0 Å². The van der Waals surface area contributed by atoms with Crippen molar-refractivity contribution >= 4 is 33.3 Å². The van der Waals surface area contributed by atoms with Crippen molar-refractivity contribution in [1.29, 1.82) is 0 Å². The van der Waals surface area contributed by atoms with Crippen molar-refractivity contribution in [3.63, 3.8) is 0 Å². The lowest BCUT2D eigenvalue weighted by Gasteiger charge is -2.22. The number of hydrogen-bond donors (Lipinski definition) is 0. The topological polar surface area (TPSA) is 63.7 Å². The van der Waals surface area contributed by atoms with Gasteiger partial charge in [0.15, 0.2) is 0 Å². The molecule has 0 unspecified atom stereocenters. The molecule has 0 saturated heterocycles. The Balaban J connectivity index is 3.10. The van der Waals surface area contributed by atoms with Crippen molar-refractivity contribution in [1.82, 2.24) is 0 Å². The second-order valence-electron chi connectivity index (χ2n) is 3.69. The van der Waals surface area contributed by atoms with E-state index in [1.165, 1.54) is 13.0 Å². The lowest BCUT2D eigenvalue weighted by Crippen LogP contribution is -2.37. The predicted octanol–water partition coefficient (Wildman–Crippen LogP) is 2.06. The van der Waals surface area contributed by atoms with E-state index in [-0.39, 0.29) is 18.9 Å². The van der Waals surface area contributed by atoms with Crippen molar-refractivity contribution in [2.45, 2.75) is 13.8 Å². The minimum absolute atomic E-state index is 0.112. The maximum absolute atomic E-state index is 12.0. The second kappa shape index (κ2) is 6.77. The van der Waals surface area contributed by atoms with E-state index in [0.717, 1.165) is 4.31 Å². The van der Waals surface area contributed by atoms with Gasteiger partial charge in [0.25, 0.3) is 0 Å². The Morgan fingerprint density at radius 3 is 2.58 bits per heavy atom. The largest absolute Gasteiger partial charge is 0.465 e. The van der Waals surface area contributed by atoms with Crippen LogP contribution in [0.5, 0.6) is 0 Å². The van der Waals surface area contributed by atoms with Gasteiger partial charge in [-0.05, 0) is 32.0 Å². The SMILES string of the molecule is CCOC(=O)CN(c1cccc(Cl)c1)S(=O)(=O)CC. The predicted molar refractivity (Wildman–Crippen MR) is 74.9 cm³/mol. The summed E-state index contributed by atoms with van der Waals surface area (Å²) in [6.07, 6.45) is 0. The molecule has 7 heteroatoms. The molecule has 0 heterocycles. The van der Waals surface area contributed by atoms with Crippen molar-refractivity contribution in [2.24, 2.45) is 0 Å². The number of rotatable bonds is 6. The summed E-state index contributed by atoms with van der Waals surface area (Å²) < 4.78 is 29.8. The van der Waals surface area contributed by atoms with Crippen LogP contribution < -0.4 is 4.31 Å². The number of anilines is 1. The van der Waals surface area contributed by atoms with Crippen LogP contribution in [0.2, 0.25) is 5.02 Å². The van der Waals surface area contributed by atoms with Crippen LogP contribution in [0.4, 0.5) is 5.69 Å². The zero-order valence-electron chi connectivity index (χ0n) is 10.8. The molecular weight excluding hydrogens is 290 g/mol. The molecule has 0 fully saturated rings. The van der Waals surface area contributed by atoms with Crippen LogP contribution in [0.15, 0.2) is 24.3 Å². The third-order valence-electron chi connectivity index (χ3n) is 2.37. The van der Waals surface area contributed by atoms with Gasteiger partial charge in [0.2, 0.25) is 10.0 Å². The van der Waals surface area contributed by atoms with E-state index < -0.39 is 16.0 Å². The normalized spacial score (nSPS) is 11.1. The molecule has 1 aromatic carbocycles. The standard InChI is InChI=1S/C12H16ClNO4S/c1-3-18-12(15)9-14(19(16,17)4-2)11-7-5-6-10(13)8-11/h5-8H,3-4,9H2,1-2H3. The third kappa shape index (κ3) is 4.40. The molecular formula is C12H16ClNO4S. The molecule has 19 heavy (non-hydrogen) atoms. The number of carbonyl (C=O) groups excluding carboxylic acids is 1. The van der Waals surface area contributed by atoms with E-state index in [4.69, 9.17) is 16.3 Å². The van der Waals surface area contributed by atoms with Crippen molar-refractivity contribution < 1.29 is 17.9 Å². The highest BCUT2D eigenvalue weighted by Crippen LogP contribution is 2.22. The summed E-state index contributed by atoms with van der Waals surface area (Å²) in [6.45, 7) is 3.02. The van der Waals surface area contributed by atoms with E-state index in [1.54, 1.807) is 25.1 Å². The van der Waals surface area contributed by atoms with Gasteiger partial charge in [-0.15, -0.1) is 0 Å². The average molecular weight is 306 g/mol. The first-order chi connectivity index (χ1) is 8.90.